The van der Waals surface area contributed by atoms with Crippen LogP contribution in [0.3, 0.4) is 0 Å². The van der Waals surface area contributed by atoms with Crippen LogP contribution in [-0.4, -0.2) is 39.1 Å². The van der Waals surface area contributed by atoms with Crippen molar-refractivity contribution >= 4 is 40.0 Å². The number of nitrogens with one attached hydrogen (secondary N) is 1. The van der Waals surface area contributed by atoms with E-state index in [4.69, 9.17) is 23.2 Å². The van der Waals surface area contributed by atoms with Crippen molar-refractivity contribution in [3.63, 3.8) is 0 Å². The first kappa shape index (κ1) is 18.8. The van der Waals surface area contributed by atoms with Crippen LogP contribution in [0, 0.1) is 11.8 Å². The topological polar surface area (TPSA) is 56.3 Å². The Hall–Kier alpha value is -1.23. The molecule has 4 bridgehead atoms. The number of halogens is 2. The Morgan fingerprint density at radius 2 is 2.07 bits per heavy atom. The first-order chi connectivity index (χ1) is 13.3. The molecule has 3 heterocycles. The zero-order valence-electron chi connectivity index (χ0n) is 16.0. The molecule has 6 rings (SSSR count). The lowest BCUT2D eigenvalue weighted by atomic mass is 9.65. The highest BCUT2D eigenvalue weighted by molar-refractivity contribution is 6.45. The molecule has 2 saturated heterocycles. The number of aromatic amines is 1. The third-order valence-corrected chi connectivity index (χ3v) is 8.02. The average molecular weight is 421 g/mol. The van der Waals surface area contributed by atoms with Crippen LogP contribution in [0.2, 0.25) is 10.0 Å². The fourth-order valence-electron chi connectivity index (χ4n) is 6.22. The van der Waals surface area contributed by atoms with E-state index in [0.717, 1.165) is 55.1 Å². The Kier molecular flexibility index (Phi) is 4.46. The van der Waals surface area contributed by atoms with E-state index >= 15 is 0 Å². The van der Waals surface area contributed by atoms with Crippen molar-refractivity contribution in [3.05, 3.63) is 33.9 Å². The van der Waals surface area contributed by atoms with E-state index in [2.05, 4.69) is 16.8 Å². The zero-order chi connectivity index (χ0) is 19.6. The second-order valence-electron chi connectivity index (χ2n) is 9.37. The largest absolute Gasteiger partial charge is 0.390 e. The number of aliphatic hydroxyl groups is 1. The highest BCUT2D eigenvalue weighted by Crippen LogP contribution is 2.50. The van der Waals surface area contributed by atoms with E-state index in [-0.39, 0.29) is 17.9 Å². The Bertz CT molecular complexity index is 942. The number of rotatable bonds is 3. The molecule has 2 aromatic rings. The molecule has 4 aliphatic rings. The molecule has 0 radical (unpaired) electrons. The summed E-state index contributed by atoms with van der Waals surface area (Å²) >= 11 is 12.7. The van der Waals surface area contributed by atoms with Crippen LogP contribution in [0.1, 0.15) is 56.9 Å². The smallest absolute Gasteiger partial charge is 0.223 e. The maximum Gasteiger partial charge on any atom is 0.223 e. The highest BCUT2D eigenvalue weighted by atomic mass is 35.5. The lowest BCUT2D eigenvalue weighted by Crippen LogP contribution is -2.48. The number of hydrogen-bond acceptors (Lipinski definition) is 2. The SMILES string of the molecule is CC(CC(=O)N1CC2CC3CC1CC(O)(C3)C2)c1c[nH]c2ccc(Cl)c(Cl)c12. The zero-order valence-corrected chi connectivity index (χ0v) is 17.6. The summed E-state index contributed by atoms with van der Waals surface area (Å²) in [6.07, 6.45) is 7.13. The number of carbonyl (C=O) groups excluding carboxylic acids is 1. The predicted octanol–water partition coefficient (Wildman–Crippen LogP) is 5.12. The molecule has 28 heavy (non-hydrogen) atoms. The van der Waals surface area contributed by atoms with Gasteiger partial charge in [0.05, 0.1) is 15.6 Å². The first-order valence-electron chi connectivity index (χ1n) is 10.3. The molecule has 1 amide bonds. The van der Waals surface area contributed by atoms with Crippen LogP contribution in [0.5, 0.6) is 0 Å². The molecule has 2 aliphatic heterocycles. The Morgan fingerprint density at radius 1 is 1.29 bits per heavy atom. The molecule has 2 saturated carbocycles. The van der Waals surface area contributed by atoms with Crippen molar-refractivity contribution in [1.29, 1.82) is 0 Å². The summed E-state index contributed by atoms with van der Waals surface area (Å²) in [6.45, 7) is 2.88. The predicted molar refractivity (Wildman–Crippen MR) is 112 cm³/mol. The van der Waals surface area contributed by atoms with Gasteiger partial charge in [-0.15, -0.1) is 0 Å². The van der Waals surface area contributed by atoms with Crippen LogP contribution in [0.15, 0.2) is 18.3 Å². The molecule has 4 nitrogen and oxygen atoms in total. The summed E-state index contributed by atoms with van der Waals surface area (Å²) < 4.78 is 0. The third-order valence-electron chi connectivity index (χ3n) is 7.22. The van der Waals surface area contributed by atoms with Gasteiger partial charge in [0, 0.05) is 36.1 Å². The van der Waals surface area contributed by atoms with E-state index < -0.39 is 5.60 Å². The van der Waals surface area contributed by atoms with Crippen LogP contribution < -0.4 is 0 Å². The van der Waals surface area contributed by atoms with E-state index in [0.29, 0.717) is 28.3 Å². The highest BCUT2D eigenvalue weighted by Gasteiger charge is 2.50. The number of hydrogen-bond donors (Lipinski definition) is 2. The second-order valence-corrected chi connectivity index (χ2v) is 10.2. The van der Waals surface area contributed by atoms with Gasteiger partial charge in [0.1, 0.15) is 0 Å². The molecule has 5 atom stereocenters. The van der Waals surface area contributed by atoms with E-state index in [9.17, 15) is 9.90 Å². The summed E-state index contributed by atoms with van der Waals surface area (Å²) in [5, 5.41) is 12.9. The monoisotopic (exact) mass is 420 g/mol. The van der Waals surface area contributed by atoms with Gasteiger partial charge in [0.15, 0.2) is 0 Å². The van der Waals surface area contributed by atoms with Crippen LogP contribution in [-0.2, 0) is 4.79 Å². The Balaban J connectivity index is 1.38. The standard InChI is InChI=1S/C22H26Cl2N2O2/c1-12(16-10-25-18-3-2-17(23)21(24)20(16)18)4-19(27)26-11-14-5-13-6-15(26)9-22(28,7-13)8-14/h2-3,10,12-15,25,28H,4-9,11H2,1H3. The van der Waals surface area contributed by atoms with E-state index in [1.165, 1.54) is 0 Å². The molecule has 4 fully saturated rings. The van der Waals surface area contributed by atoms with Gasteiger partial charge in [-0.3, -0.25) is 4.79 Å². The fraction of sp³-hybridized carbons (Fsp3) is 0.591. The van der Waals surface area contributed by atoms with Crippen LogP contribution in [0.25, 0.3) is 10.9 Å². The van der Waals surface area contributed by atoms with Crippen molar-refractivity contribution in [3.8, 4) is 0 Å². The third kappa shape index (κ3) is 3.05. The molecule has 1 aromatic carbocycles. The molecular formula is C22H26Cl2N2O2. The molecule has 2 N–H and O–H groups in total. The van der Waals surface area contributed by atoms with Gasteiger partial charge in [-0.2, -0.15) is 0 Å². The summed E-state index contributed by atoms with van der Waals surface area (Å²) in [5.41, 5.74) is 1.44. The second kappa shape index (κ2) is 6.65. The van der Waals surface area contributed by atoms with Gasteiger partial charge in [-0.05, 0) is 67.6 Å². The molecule has 150 valence electrons. The summed E-state index contributed by atoms with van der Waals surface area (Å²) in [6, 6.07) is 3.90. The van der Waals surface area contributed by atoms with Crippen LogP contribution in [0.4, 0.5) is 0 Å². The number of amides is 1. The van der Waals surface area contributed by atoms with E-state index in [1.54, 1.807) is 6.07 Å². The lowest BCUT2D eigenvalue weighted by Gasteiger charge is -2.45. The fourth-order valence-corrected chi connectivity index (χ4v) is 6.65. The Labute approximate surface area is 175 Å². The van der Waals surface area contributed by atoms with E-state index in [1.807, 2.05) is 12.3 Å². The molecule has 6 heteroatoms. The van der Waals surface area contributed by atoms with Gasteiger partial charge < -0.3 is 15.0 Å². The normalized spacial score (nSPS) is 32.7. The number of carbonyl (C=O) groups is 1. The molecule has 2 aliphatic carbocycles. The van der Waals surface area contributed by atoms with Gasteiger partial charge in [0.25, 0.3) is 0 Å². The lowest BCUT2D eigenvalue weighted by molar-refractivity contribution is -0.135. The summed E-state index contributed by atoms with van der Waals surface area (Å²) in [5.74, 6) is 1.25. The van der Waals surface area contributed by atoms with Gasteiger partial charge in [-0.25, -0.2) is 0 Å². The maximum atomic E-state index is 13.3. The van der Waals surface area contributed by atoms with Gasteiger partial charge >= 0.3 is 0 Å². The van der Waals surface area contributed by atoms with Crippen molar-refractivity contribution in [2.45, 2.75) is 63.0 Å². The quantitative estimate of drug-likeness (QED) is 0.723. The van der Waals surface area contributed by atoms with Crippen molar-refractivity contribution in [2.75, 3.05) is 6.54 Å². The van der Waals surface area contributed by atoms with Gasteiger partial charge in [-0.1, -0.05) is 30.1 Å². The summed E-state index contributed by atoms with van der Waals surface area (Å²) in [7, 11) is 0. The first-order valence-corrected chi connectivity index (χ1v) is 11.1. The number of H-pyrrole nitrogens is 1. The number of benzene rings is 1. The molecule has 1 aromatic heterocycles. The number of nitrogens with zero attached hydrogens (tertiary/aromatic N) is 1. The number of aromatic nitrogens is 1. The van der Waals surface area contributed by atoms with Crippen molar-refractivity contribution in [2.24, 2.45) is 11.8 Å². The summed E-state index contributed by atoms with van der Waals surface area (Å²) in [4.78, 5) is 18.6. The average Bonchev–Trinajstić information content (AvgIpc) is 2.97. The minimum absolute atomic E-state index is 0.0398. The van der Waals surface area contributed by atoms with Crippen molar-refractivity contribution < 1.29 is 9.90 Å². The molecular weight excluding hydrogens is 395 g/mol. The number of fused-ring (bicyclic) bond motifs is 2. The van der Waals surface area contributed by atoms with Gasteiger partial charge in [0.2, 0.25) is 5.91 Å². The minimum Gasteiger partial charge on any atom is -0.390 e. The Morgan fingerprint density at radius 3 is 2.86 bits per heavy atom. The minimum atomic E-state index is -0.543. The van der Waals surface area contributed by atoms with Crippen molar-refractivity contribution in [1.82, 2.24) is 9.88 Å². The molecule has 5 unspecified atom stereocenters. The molecule has 0 spiro atoms. The maximum absolute atomic E-state index is 13.3. The van der Waals surface area contributed by atoms with Crippen LogP contribution >= 0.6 is 23.2 Å².